The zero-order chi connectivity index (χ0) is 17.8. The zero-order valence-corrected chi connectivity index (χ0v) is 14.0. The third kappa shape index (κ3) is 2.82. The number of halogens is 4. The molecule has 0 radical (unpaired) electrons. The summed E-state index contributed by atoms with van der Waals surface area (Å²) in [6.07, 6.45) is -4.58. The van der Waals surface area contributed by atoms with Crippen LogP contribution < -0.4 is 0 Å². The molecule has 0 saturated carbocycles. The van der Waals surface area contributed by atoms with Gasteiger partial charge < -0.3 is 9.67 Å². The monoisotopic (exact) mass is 379 g/mol. The maximum atomic E-state index is 13.9. The molecule has 0 spiro atoms. The van der Waals surface area contributed by atoms with Crippen molar-refractivity contribution in [3.8, 4) is 5.69 Å². The number of hydrogen-bond donors (Lipinski definition) is 1. The molecule has 1 aliphatic rings. The van der Waals surface area contributed by atoms with Gasteiger partial charge in [0.05, 0.1) is 4.90 Å². The molecule has 0 fully saturated rings. The number of aromatic nitrogens is 1. The fourth-order valence-electron chi connectivity index (χ4n) is 2.92. The summed E-state index contributed by atoms with van der Waals surface area (Å²) in [7, 11) is -3.82. The first-order valence-corrected chi connectivity index (χ1v) is 9.23. The maximum Gasteiger partial charge on any atom is 0.177 e. The SMILES string of the molecule is CS(=O)(=O)c1cn(-c2cc(F)cc(Cl)c2)c2c1C(O)C(F)C(F)C2. The van der Waals surface area contributed by atoms with Crippen LogP contribution in [0.3, 0.4) is 0 Å². The third-order valence-corrected chi connectivity index (χ3v) is 5.31. The molecule has 2 aromatic rings. The lowest BCUT2D eigenvalue weighted by Crippen LogP contribution is -2.33. The van der Waals surface area contributed by atoms with Crippen LogP contribution in [0.5, 0.6) is 0 Å². The molecule has 0 aliphatic heterocycles. The summed E-state index contributed by atoms with van der Waals surface area (Å²) < 4.78 is 66.5. The third-order valence-electron chi connectivity index (χ3n) is 3.97. The van der Waals surface area contributed by atoms with Crippen LogP contribution in [-0.4, -0.2) is 36.7 Å². The molecule has 9 heteroatoms. The lowest BCUT2D eigenvalue weighted by molar-refractivity contribution is 0.0130. The minimum Gasteiger partial charge on any atom is -0.385 e. The Labute approximate surface area is 141 Å². The van der Waals surface area contributed by atoms with Crippen molar-refractivity contribution in [3.63, 3.8) is 0 Å². The molecular formula is C15H13ClF3NO3S. The molecule has 0 saturated heterocycles. The van der Waals surface area contributed by atoms with Crippen LogP contribution >= 0.6 is 11.6 Å². The van der Waals surface area contributed by atoms with Gasteiger partial charge in [-0.15, -0.1) is 0 Å². The van der Waals surface area contributed by atoms with Crippen LogP contribution in [0.25, 0.3) is 5.69 Å². The Bertz CT molecular complexity index is 893. The van der Waals surface area contributed by atoms with E-state index in [-0.39, 0.29) is 26.9 Å². The Morgan fingerprint density at radius 1 is 1.29 bits per heavy atom. The predicted octanol–water partition coefficient (Wildman–Crippen LogP) is 2.94. The normalized spacial score (nSPS) is 24.0. The quantitative estimate of drug-likeness (QED) is 0.872. The van der Waals surface area contributed by atoms with Gasteiger partial charge in [0.2, 0.25) is 0 Å². The van der Waals surface area contributed by atoms with Crippen LogP contribution in [-0.2, 0) is 16.3 Å². The van der Waals surface area contributed by atoms with E-state index < -0.39 is 40.5 Å². The highest BCUT2D eigenvalue weighted by atomic mass is 35.5. The largest absolute Gasteiger partial charge is 0.385 e. The topological polar surface area (TPSA) is 59.3 Å². The van der Waals surface area contributed by atoms with Crippen molar-refractivity contribution < 1.29 is 26.7 Å². The number of benzene rings is 1. The standard InChI is InChI=1S/C15H13ClF3NO3S/c1-24(22,23)12-6-20(9-3-7(16)2-8(17)4-9)11-5-10(18)14(19)15(21)13(11)12/h2-4,6,10,14-15,21H,5H2,1H3. The highest BCUT2D eigenvalue weighted by Crippen LogP contribution is 2.40. The van der Waals surface area contributed by atoms with Gasteiger partial charge in [0.1, 0.15) is 18.1 Å². The molecule has 4 nitrogen and oxygen atoms in total. The van der Waals surface area contributed by atoms with Crippen LogP contribution in [0.4, 0.5) is 13.2 Å². The Morgan fingerprint density at radius 2 is 1.96 bits per heavy atom. The molecule has 3 atom stereocenters. The van der Waals surface area contributed by atoms with E-state index in [1.807, 2.05) is 0 Å². The summed E-state index contributed by atoms with van der Waals surface area (Å²) in [4.78, 5) is -0.320. The van der Waals surface area contributed by atoms with Gasteiger partial charge in [-0.05, 0) is 18.2 Å². The number of sulfone groups is 1. The maximum absolute atomic E-state index is 13.9. The second-order valence-corrected chi connectivity index (χ2v) is 8.15. The van der Waals surface area contributed by atoms with E-state index in [4.69, 9.17) is 11.6 Å². The van der Waals surface area contributed by atoms with E-state index in [0.717, 1.165) is 24.6 Å². The number of aliphatic hydroxyl groups is 1. The first-order chi connectivity index (χ1) is 11.1. The first-order valence-electron chi connectivity index (χ1n) is 6.96. The van der Waals surface area contributed by atoms with Gasteiger partial charge in [-0.2, -0.15) is 0 Å². The van der Waals surface area contributed by atoms with Crippen LogP contribution in [0.2, 0.25) is 5.02 Å². The lowest BCUT2D eigenvalue weighted by Gasteiger charge is -2.27. The Kier molecular flexibility index (Phi) is 4.17. The van der Waals surface area contributed by atoms with Crippen LogP contribution in [0.15, 0.2) is 29.3 Å². The summed E-state index contributed by atoms with van der Waals surface area (Å²) in [6.45, 7) is 0. The molecule has 130 valence electrons. The van der Waals surface area contributed by atoms with Crippen molar-refractivity contribution in [1.29, 1.82) is 0 Å². The molecule has 1 heterocycles. The minimum atomic E-state index is -3.82. The van der Waals surface area contributed by atoms with Crippen molar-refractivity contribution >= 4 is 21.4 Å². The minimum absolute atomic E-state index is 0.0601. The van der Waals surface area contributed by atoms with E-state index in [9.17, 15) is 26.7 Å². The van der Waals surface area contributed by atoms with E-state index in [2.05, 4.69) is 0 Å². The smallest absolute Gasteiger partial charge is 0.177 e. The molecular weight excluding hydrogens is 367 g/mol. The van der Waals surface area contributed by atoms with E-state index in [1.165, 1.54) is 10.6 Å². The fraction of sp³-hybridized carbons (Fsp3) is 0.333. The molecule has 1 N–H and O–H groups in total. The molecule has 0 bridgehead atoms. The molecule has 1 aromatic carbocycles. The highest BCUT2D eigenvalue weighted by Gasteiger charge is 2.41. The van der Waals surface area contributed by atoms with Gasteiger partial charge in [-0.25, -0.2) is 21.6 Å². The van der Waals surface area contributed by atoms with Gasteiger partial charge in [0.25, 0.3) is 0 Å². The second kappa shape index (κ2) is 5.79. The van der Waals surface area contributed by atoms with Crippen molar-refractivity contribution in [1.82, 2.24) is 4.57 Å². The van der Waals surface area contributed by atoms with Gasteiger partial charge in [0, 0.05) is 40.8 Å². The average molecular weight is 380 g/mol. The molecule has 3 unspecified atom stereocenters. The van der Waals surface area contributed by atoms with Gasteiger partial charge in [-0.1, -0.05) is 11.6 Å². The predicted molar refractivity (Wildman–Crippen MR) is 82.3 cm³/mol. The van der Waals surface area contributed by atoms with Crippen LogP contribution in [0, 0.1) is 5.82 Å². The molecule has 0 amide bonds. The Balaban J connectivity index is 2.31. The average Bonchev–Trinajstić information content (AvgIpc) is 2.83. The van der Waals surface area contributed by atoms with E-state index >= 15 is 0 Å². The van der Waals surface area contributed by atoms with Crippen molar-refractivity contribution in [2.45, 2.75) is 29.8 Å². The Morgan fingerprint density at radius 3 is 2.54 bits per heavy atom. The zero-order valence-electron chi connectivity index (χ0n) is 12.4. The van der Waals surface area contributed by atoms with Gasteiger partial charge in [-0.3, -0.25) is 0 Å². The van der Waals surface area contributed by atoms with Crippen molar-refractivity contribution in [3.05, 3.63) is 46.5 Å². The number of aliphatic hydroxyl groups excluding tert-OH is 1. The molecule has 1 aromatic heterocycles. The van der Waals surface area contributed by atoms with Gasteiger partial charge >= 0.3 is 0 Å². The molecule has 3 rings (SSSR count). The summed E-state index contributed by atoms with van der Waals surface area (Å²) in [5, 5.41) is 10.1. The van der Waals surface area contributed by atoms with E-state index in [0.29, 0.717) is 0 Å². The highest BCUT2D eigenvalue weighted by molar-refractivity contribution is 7.90. The van der Waals surface area contributed by atoms with Crippen LogP contribution in [0.1, 0.15) is 17.4 Å². The van der Waals surface area contributed by atoms with Crippen molar-refractivity contribution in [2.75, 3.05) is 6.26 Å². The number of rotatable bonds is 2. The summed E-state index contributed by atoms with van der Waals surface area (Å²) in [6, 6.07) is 3.50. The summed E-state index contributed by atoms with van der Waals surface area (Å²) in [5.41, 5.74) is 0.0353. The van der Waals surface area contributed by atoms with E-state index in [1.54, 1.807) is 0 Å². The van der Waals surface area contributed by atoms with Crippen molar-refractivity contribution in [2.24, 2.45) is 0 Å². The fourth-order valence-corrected chi connectivity index (χ4v) is 4.07. The first kappa shape index (κ1) is 17.3. The molecule has 24 heavy (non-hydrogen) atoms. The number of nitrogens with zero attached hydrogens (tertiary/aromatic N) is 1. The number of hydrogen-bond acceptors (Lipinski definition) is 3. The number of fused-ring (bicyclic) bond motifs is 1. The molecule has 1 aliphatic carbocycles. The Hall–Kier alpha value is -1.51. The number of alkyl halides is 2. The van der Waals surface area contributed by atoms with Gasteiger partial charge in [0.15, 0.2) is 16.0 Å². The lowest BCUT2D eigenvalue weighted by atomic mass is 9.92. The second-order valence-electron chi connectivity index (χ2n) is 5.73. The summed E-state index contributed by atoms with van der Waals surface area (Å²) in [5.74, 6) is -0.669. The summed E-state index contributed by atoms with van der Waals surface area (Å²) >= 11 is 5.81.